The van der Waals surface area contributed by atoms with Crippen molar-refractivity contribution in [1.29, 1.82) is 0 Å². The number of H-pyrrole nitrogens is 1. The number of rotatable bonds is 5. The number of ether oxygens (including phenoxy) is 1. The highest BCUT2D eigenvalue weighted by molar-refractivity contribution is 5.97. The molecule has 31 heavy (non-hydrogen) atoms. The maximum Gasteiger partial charge on any atom is 0.268 e. The standard InChI is InChI=1S/C21H19F2N5O3/c1-21(2,30)10-31-11-6-7-25-15(8-11)12-9-28(18-13(22)4-3-5-14(18)23)20(29)16-17(12)26-27-19(16)24/h3-9,30H,10H2,1-2H3,(H3,24,26,27). The van der Waals surface area contributed by atoms with E-state index in [2.05, 4.69) is 15.2 Å². The number of fused-ring (bicyclic) bond motifs is 1. The number of hydrogen-bond acceptors (Lipinski definition) is 6. The van der Waals surface area contributed by atoms with Gasteiger partial charge >= 0.3 is 0 Å². The third-order valence-corrected chi connectivity index (χ3v) is 4.53. The molecule has 4 N–H and O–H groups in total. The number of nitrogens with two attached hydrogens (primary N) is 1. The number of benzene rings is 1. The number of halogens is 2. The average Bonchev–Trinajstić information content (AvgIpc) is 3.10. The van der Waals surface area contributed by atoms with E-state index in [1.54, 1.807) is 26.0 Å². The first kappa shape index (κ1) is 20.5. The Labute approximate surface area is 174 Å². The van der Waals surface area contributed by atoms with Crippen molar-refractivity contribution in [1.82, 2.24) is 19.7 Å². The fourth-order valence-corrected chi connectivity index (χ4v) is 3.13. The SMILES string of the molecule is CC(C)(O)COc1ccnc(-c2cn(-c3c(F)cccc3F)c(=O)c3c(N)n[nH]c23)c1. The number of aliphatic hydroxyl groups is 1. The predicted molar refractivity (Wildman–Crippen MR) is 111 cm³/mol. The van der Waals surface area contributed by atoms with Gasteiger partial charge in [0.2, 0.25) is 0 Å². The second-order valence-electron chi connectivity index (χ2n) is 7.62. The van der Waals surface area contributed by atoms with Crippen molar-refractivity contribution in [3.8, 4) is 22.7 Å². The summed E-state index contributed by atoms with van der Waals surface area (Å²) >= 11 is 0. The van der Waals surface area contributed by atoms with Crippen LogP contribution in [0.4, 0.5) is 14.6 Å². The fourth-order valence-electron chi connectivity index (χ4n) is 3.13. The predicted octanol–water partition coefficient (Wildman–Crippen LogP) is 2.79. The molecule has 0 aliphatic rings. The quantitative estimate of drug-likeness (QED) is 0.451. The van der Waals surface area contributed by atoms with Crippen molar-refractivity contribution in [2.24, 2.45) is 0 Å². The van der Waals surface area contributed by atoms with E-state index in [4.69, 9.17) is 10.5 Å². The number of aromatic amines is 1. The molecule has 4 aromatic rings. The lowest BCUT2D eigenvalue weighted by atomic mass is 10.1. The van der Waals surface area contributed by atoms with Crippen LogP contribution in [0.15, 0.2) is 47.5 Å². The number of pyridine rings is 2. The summed E-state index contributed by atoms with van der Waals surface area (Å²) in [6, 6.07) is 6.48. The minimum atomic E-state index is -1.05. The van der Waals surface area contributed by atoms with Gasteiger partial charge in [-0.15, -0.1) is 0 Å². The molecule has 0 saturated heterocycles. The first-order chi connectivity index (χ1) is 14.7. The van der Waals surface area contributed by atoms with Crippen LogP contribution < -0.4 is 16.0 Å². The summed E-state index contributed by atoms with van der Waals surface area (Å²) in [6.07, 6.45) is 2.74. The van der Waals surface area contributed by atoms with Gasteiger partial charge in [-0.25, -0.2) is 8.78 Å². The van der Waals surface area contributed by atoms with Gasteiger partial charge in [0, 0.05) is 24.0 Å². The summed E-state index contributed by atoms with van der Waals surface area (Å²) < 4.78 is 35.3. The third-order valence-electron chi connectivity index (χ3n) is 4.53. The molecule has 3 heterocycles. The summed E-state index contributed by atoms with van der Waals surface area (Å²) in [7, 11) is 0. The lowest BCUT2D eigenvalue weighted by Gasteiger charge is -2.18. The summed E-state index contributed by atoms with van der Waals surface area (Å²) in [4.78, 5) is 17.3. The smallest absolute Gasteiger partial charge is 0.268 e. The van der Waals surface area contributed by atoms with E-state index in [9.17, 15) is 18.7 Å². The number of aromatic nitrogens is 4. The monoisotopic (exact) mass is 427 g/mol. The zero-order valence-corrected chi connectivity index (χ0v) is 16.7. The first-order valence-corrected chi connectivity index (χ1v) is 9.31. The van der Waals surface area contributed by atoms with E-state index in [1.807, 2.05) is 0 Å². The highest BCUT2D eigenvalue weighted by Crippen LogP contribution is 2.30. The molecule has 0 aliphatic heterocycles. The van der Waals surface area contributed by atoms with E-state index in [0.29, 0.717) is 17.0 Å². The van der Waals surface area contributed by atoms with Crippen molar-refractivity contribution < 1.29 is 18.6 Å². The minimum Gasteiger partial charge on any atom is -0.490 e. The lowest BCUT2D eigenvalue weighted by molar-refractivity contribution is 0.0285. The van der Waals surface area contributed by atoms with Gasteiger partial charge in [0.1, 0.15) is 35.1 Å². The number of nitrogen functional groups attached to an aromatic ring is 1. The number of hydrogen-bond donors (Lipinski definition) is 3. The highest BCUT2D eigenvalue weighted by atomic mass is 19.1. The van der Waals surface area contributed by atoms with Crippen molar-refractivity contribution in [3.05, 3.63) is 64.7 Å². The van der Waals surface area contributed by atoms with E-state index < -0.39 is 28.5 Å². The molecule has 0 bridgehead atoms. The molecular weight excluding hydrogens is 408 g/mol. The van der Waals surface area contributed by atoms with Gasteiger partial charge in [-0.2, -0.15) is 5.10 Å². The molecule has 10 heteroatoms. The van der Waals surface area contributed by atoms with E-state index in [1.165, 1.54) is 18.5 Å². The van der Waals surface area contributed by atoms with E-state index >= 15 is 0 Å². The van der Waals surface area contributed by atoms with E-state index in [0.717, 1.165) is 16.7 Å². The van der Waals surface area contributed by atoms with Gasteiger partial charge in [-0.1, -0.05) is 6.07 Å². The summed E-state index contributed by atoms with van der Waals surface area (Å²) in [5, 5.41) is 16.4. The third kappa shape index (κ3) is 3.84. The lowest BCUT2D eigenvalue weighted by Crippen LogP contribution is -2.27. The Bertz CT molecular complexity index is 1320. The van der Waals surface area contributed by atoms with Crippen molar-refractivity contribution in [3.63, 3.8) is 0 Å². The molecule has 4 rings (SSSR count). The highest BCUT2D eigenvalue weighted by Gasteiger charge is 2.21. The Morgan fingerprint density at radius 2 is 1.97 bits per heavy atom. The van der Waals surface area contributed by atoms with Gasteiger partial charge in [-0.3, -0.25) is 19.4 Å². The van der Waals surface area contributed by atoms with Gasteiger partial charge in [0.05, 0.1) is 16.8 Å². The minimum absolute atomic E-state index is 0.0234. The Morgan fingerprint density at radius 3 is 2.65 bits per heavy atom. The molecule has 0 amide bonds. The molecular formula is C21H19F2N5O3. The molecule has 1 aromatic carbocycles. The van der Waals surface area contributed by atoms with Crippen LogP contribution in [0.2, 0.25) is 0 Å². The molecule has 0 atom stereocenters. The molecule has 0 aliphatic carbocycles. The van der Waals surface area contributed by atoms with Crippen LogP contribution in [0.25, 0.3) is 27.8 Å². The van der Waals surface area contributed by atoms with Crippen LogP contribution in [0.1, 0.15) is 13.8 Å². The Kier molecular flexibility index (Phi) is 4.94. The molecule has 0 fully saturated rings. The zero-order chi connectivity index (χ0) is 22.3. The number of nitrogens with one attached hydrogen (secondary N) is 1. The Morgan fingerprint density at radius 1 is 1.26 bits per heavy atom. The Balaban J connectivity index is 1.94. The molecule has 3 aromatic heterocycles. The topological polar surface area (TPSA) is 119 Å². The first-order valence-electron chi connectivity index (χ1n) is 9.31. The second kappa shape index (κ2) is 7.47. The van der Waals surface area contributed by atoms with Gasteiger partial charge < -0.3 is 15.6 Å². The summed E-state index contributed by atoms with van der Waals surface area (Å²) in [6.45, 7) is 3.23. The maximum atomic E-state index is 14.4. The number of anilines is 1. The fraction of sp³-hybridized carbons (Fsp3) is 0.190. The Hall–Kier alpha value is -3.79. The van der Waals surface area contributed by atoms with E-state index in [-0.39, 0.29) is 23.3 Å². The van der Waals surface area contributed by atoms with Crippen LogP contribution in [0.5, 0.6) is 5.75 Å². The van der Waals surface area contributed by atoms with Gasteiger partial charge in [-0.05, 0) is 32.0 Å². The molecule has 8 nitrogen and oxygen atoms in total. The molecule has 160 valence electrons. The second-order valence-corrected chi connectivity index (χ2v) is 7.62. The summed E-state index contributed by atoms with van der Waals surface area (Å²) in [5.74, 6) is -1.53. The molecule has 0 saturated carbocycles. The van der Waals surface area contributed by atoms with Crippen molar-refractivity contribution >= 4 is 16.7 Å². The largest absolute Gasteiger partial charge is 0.490 e. The zero-order valence-electron chi connectivity index (χ0n) is 16.7. The van der Waals surface area contributed by atoms with Crippen molar-refractivity contribution in [2.45, 2.75) is 19.4 Å². The van der Waals surface area contributed by atoms with Crippen LogP contribution in [0.3, 0.4) is 0 Å². The molecule has 0 unspecified atom stereocenters. The maximum absolute atomic E-state index is 14.4. The normalized spacial score (nSPS) is 11.8. The van der Waals surface area contributed by atoms with Crippen molar-refractivity contribution in [2.75, 3.05) is 12.3 Å². The average molecular weight is 427 g/mol. The molecule has 0 spiro atoms. The number of nitrogens with zero attached hydrogens (tertiary/aromatic N) is 3. The van der Waals surface area contributed by atoms with Crippen LogP contribution in [-0.2, 0) is 0 Å². The van der Waals surface area contributed by atoms with Crippen LogP contribution >= 0.6 is 0 Å². The van der Waals surface area contributed by atoms with Gasteiger partial charge in [0.15, 0.2) is 5.82 Å². The molecule has 0 radical (unpaired) electrons. The van der Waals surface area contributed by atoms with Crippen LogP contribution in [0, 0.1) is 11.6 Å². The summed E-state index contributed by atoms with van der Waals surface area (Å²) in [5.41, 5.74) is 4.47. The van der Waals surface area contributed by atoms with Gasteiger partial charge in [0.25, 0.3) is 5.56 Å². The number of para-hydroxylation sites is 1. The van der Waals surface area contributed by atoms with Crippen LogP contribution in [-0.4, -0.2) is 37.1 Å².